The molecule has 1 aromatic heterocycles. The van der Waals surface area contributed by atoms with E-state index in [1.165, 1.54) is 0 Å². The lowest BCUT2D eigenvalue weighted by atomic mass is 10.1. The van der Waals surface area contributed by atoms with Gasteiger partial charge in [-0.3, -0.25) is 4.79 Å². The molecule has 0 spiro atoms. The summed E-state index contributed by atoms with van der Waals surface area (Å²) in [6.45, 7) is 2.53. The van der Waals surface area contributed by atoms with Crippen LogP contribution < -0.4 is 10.1 Å². The number of rotatable bonds is 5. The number of hydrogen-bond acceptors (Lipinski definition) is 4. The Balaban J connectivity index is 1.70. The lowest BCUT2D eigenvalue weighted by molar-refractivity contribution is 0.101. The van der Waals surface area contributed by atoms with Crippen LogP contribution in [0.1, 0.15) is 17.4 Å². The highest BCUT2D eigenvalue weighted by atomic mass is 16.5. The lowest BCUT2D eigenvalue weighted by Gasteiger charge is -2.05. The minimum absolute atomic E-state index is 0.234. The molecule has 1 heterocycles. The number of amides is 1. The highest BCUT2D eigenvalue weighted by Gasteiger charge is 2.13. The molecule has 3 aromatic rings. The third kappa shape index (κ3) is 3.58. The standard InChI is InChI=1S/C18H16N2O3/c1-2-22-15-10-8-14(9-11-15)19-18(21)16-12-17(23-20-16)13-6-4-3-5-7-13/h3-12H,2H2,1H3,(H,19,21). The maximum atomic E-state index is 12.2. The average Bonchev–Trinajstić information content (AvgIpc) is 3.08. The topological polar surface area (TPSA) is 64.4 Å². The maximum Gasteiger partial charge on any atom is 0.277 e. The summed E-state index contributed by atoms with van der Waals surface area (Å²) in [6, 6.07) is 18.3. The van der Waals surface area contributed by atoms with Crippen molar-refractivity contribution in [2.45, 2.75) is 6.92 Å². The quantitative estimate of drug-likeness (QED) is 0.774. The lowest BCUT2D eigenvalue weighted by Crippen LogP contribution is -2.12. The summed E-state index contributed by atoms with van der Waals surface area (Å²) >= 11 is 0. The van der Waals surface area contributed by atoms with Gasteiger partial charge in [-0.2, -0.15) is 0 Å². The number of anilines is 1. The zero-order valence-corrected chi connectivity index (χ0v) is 12.7. The molecule has 0 aliphatic rings. The smallest absolute Gasteiger partial charge is 0.277 e. The van der Waals surface area contributed by atoms with Crippen molar-refractivity contribution in [3.63, 3.8) is 0 Å². The van der Waals surface area contributed by atoms with Crippen LogP contribution in [-0.4, -0.2) is 17.7 Å². The van der Waals surface area contributed by atoms with Gasteiger partial charge in [0, 0.05) is 17.3 Å². The molecule has 0 unspecified atom stereocenters. The number of carbonyl (C=O) groups is 1. The third-order valence-electron chi connectivity index (χ3n) is 3.22. The van der Waals surface area contributed by atoms with E-state index in [0.29, 0.717) is 18.1 Å². The fraction of sp³-hybridized carbons (Fsp3) is 0.111. The molecule has 0 bridgehead atoms. The second kappa shape index (κ2) is 6.79. The number of benzene rings is 2. The largest absolute Gasteiger partial charge is 0.494 e. The van der Waals surface area contributed by atoms with E-state index in [9.17, 15) is 4.79 Å². The minimum atomic E-state index is -0.319. The first kappa shape index (κ1) is 14.8. The molecule has 5 heteroatoms. The van der Waals surface area contributed by atoms with Gasteiger partial charge in [0.25, 0.3) is 5.91 Å². The van der Waals surface area contributed by atoms with E-state index in [4.69, 9.17) is 9.26 Å². The van der Waals surface area contributed by atoms with Crippen molar-refractivity contribution < 1.29 is 14.1 Å². The zero-order valence-electron chi connectivity index (χ0n) is 12.7. The second-order valence-electron chi connectivity index (χ2n) is 4.85. The average molecular weight is 308 g/mol. The summed E-state index contributed by atoms with van der Waals surface area (Å²) in [7, 11) is 0. The number of ether oxygens (including phenoxy) is 1. The van der Waals surface area contributed by atoms with Gasteiger partial charge in [-0.05, 0) is 31.2 Å². The minimum Gasteiger partial charge on any atom is -0.494 e. The first-order chi connectivity index (χ1) is 11.3. The van der Waals surface area contributed by atoms with E-state index in [0.717, 1.165) is 11.3 Å². The van der Waals surface area contributed by atoms with Crippen molar-refractivity contribution in [1.82, 2.24) is 5.16 Å². The van der Waals surface area contributed by atoms with Crippen LogP contribution in [0.5, 0.6) is 5.75 Å². The molecule has 23 heavy (non-hydrogen) atoms. The van der Waals surface area contributed by atoms with Gasteiger partial charge >= 0.3 is 0 Å². The molecule has 0 saturated carbocycles. The van der Waals surface area contributed by atoms with Crippen LogP contribution in [0, 0.1) is 0 Å². The Labute approximate surface area is 133 Å². The van der Waals surface area contributed by atoms with Crippen LogP contribution in [0.3, 0.4) is 0 Å². The van der Waals surface area contributed by atoms with Crippen molar-refractivity contribution >= 4 is 11.6 Å². The van der Waals surface area contributed by atoms with E-state index in [1.54, 1.807) is 30.3 Å². The fourth-order valence-corrected chi connectivity index (χ4v) is 2.12. The Morgan fingerprint density at radius 2 is 1.87 bits per heavy atom. The molecule has 0 saturated heterocycles. The maximum absolute atomic E-state index is 12.2. The molecule has 1 N–H and O–H groups in total. The molecular weight excluding hydrogens is 292 g/mol. The summed E-state index contributed by atoms with van der Waals surface area (Å²) in [5.74, 6) is 1.00. The summed E-state index contributed by atoms with van der Waals surface area (Å²) in [4.78, 5) is 12.2. The van der Waals surface area contributed by atoms with E-state index < -0.39 is 0 Å². The zero-order chi connectivity index (χ0) is 16.1. The van der Waals surface area contributed by atoms with Crippen LogP contribution in [-0.2, 0) is 0 Å². The fourth-order valence-electron chi connectivity index (χ4n) is 2.12. The Morgan fingerprint density at radius 1 is 1.13 bits per heavy atom. The summed E-state index contributed by atoms with van der Waals surface area (Å²) in [5.41, 5.74) is 1.78. The molecular formula is C18H16N2O3. The van der Waals surface area contributed by atoms with Gasteiger partial charge in [0.15, 0.2) is 11.5 Å². The van der Waals surface area contributed by atoms with E-state index >= 15 is 0 Å². The summed E-state index contributed by atoms with van der Waals surface area (Å²) < 4.78 is 10.6. The van der Waals surface area contributed by atoms with Crippen LogP contribution in [0.15, 0.2) is 65.2 Å². The molecule has 116 valence electrons. The van der Waals surface area contributed by atoms with Gasteiger partial charge in [-0.1, -0.05) is 35.5 Å². The number of hydrogen-bond donors (Lipinski definition) is 1. The Kier molecular flexibility index (Phi) is 4.38. The van der Waals surface area contributed by atoms with Crippen molar-refractivity contribution in [3.05, 3.63) is 66.4 Å². The van der Waals surface area contributed by atoms with Crippen molar-refractivity contribution in [2.24, 2.45) is 0 Å². The number of nitrogens with one attached hydrogen (secondary N) is 1. The molecule has 5 nitrogen and oxygen atoms in total. The highest BCUT2D eigenvalue weighted by Crippen LogP contribution is 2.21. The molecule has 2 aromatic carbocycles. The highest BCUT2D eigenvalue weighted by molar-refractivity contribution is 6.03. The third-order valence-corrected chi connectivity index (χ3v) is 3.22. The van der Waals surface area contributed by atoms with Crippen LogP contribution in [0.2, 0.25) is 0 Å². The number of aromatic nitrogens is 1. The Hall–Kier alpha value is -3.08. The SMILES string of the molecule is CCOc1ccc(NC(=O)c2cc(-c3ccccc3)on2)cc1. The molecule has 0 aliphatic carbocycles. The first-order valence-corrected chi connectivity index (χ1v) is 7.32. The molecule has 0 radical (unpaired) electrons. The van der Waals surface area contributed by atoms with E-state index in [2.05, 4.69) is 10.5 Å². The van der Waals surface area contributed by atoms with Crippen LogP contribution in [0.4, 0.5) is 5.69 Å². The number of carbonyl (C=O) groups excluding carboxylic acids is 1. The Morgan fingerprint density at radius 3 is 2.57 bits per heavy atom. The Bertz CT molecular complexity index is 780. The predicted molar refractivity (Wildman–Crippen MR) is 87.5 cm³/mol. The van der Waals surface area contributed by atoms with Gasteiger partial charge in [0.1, 0.15) is 5.75 Å². The number of nitrogens with zero attached hydrogens (tertiary/aromatic N) is 1. The predicted octanol–water partition coefficient (Wildman–Crippen LogP) is 3.99. The molecule has 1 amide bonds. The molecule has 3 rings (SSSR count). The van der Waals surface area contributed by atoms with Gasteiger partial charge in [0.2, 0.25) is 0 Å². The van der Waals surface area contributed by atoms with Crippen LogP contribution in [0.25, 0.3) is 11.3 Å². The van der Waals surface area contributed by atoms with Gasteiger partial charge in [-0.25, -0.2) is 0 Å². The van der Waals surface area contributed by atoms with Crippen LogP contribution >= 0.6 is 0 Å². The normalized spacial score (nSPS) is 10.3. The van der Waals surface area contributed by atoms with E-state index in [-0.39, 0.29) is 11.6 Å². The van der Waals surface area contributed by atoms with Crippen molar-refractivity contribution in [2.75, 3.05) is 11.9 Å². The monoisotopic (exact) mass is 308 g/mol. The van der Waals surface area contributed by atoms with Gasteiger partial charge in [-0.15, -0.1) is 0 Å². The van der Waals surface area contributed by atoms with E-state index in [1.807, 2.05) is 37.3 Å². The summed E-state index contributed by atoms with van der Waals surface area (Å²) in [5, 5.41) is 6.60. The second-order valence-corrected chi connectivity index (χ2v) is 4.85. The molecule has 0 aliphatic heterocycles. The van der Waals surface area contributed by atoms with Crippen molar-refractivity contribution in [3.8, 4) is 17.1 Å². The molecule has 0 fully saturated rings. The van der Waals surface area contributed by atoms with Gasteiger partial charge < -0.3 is 14.6 Å². The van der Waals surface area contributed by atoms with Crippen molar-refractivity contribution in [1.29, 1.82) is 0 Å². The molecule has 0 atom stereocenters. The first-order valence-electron chi connectivity index (χ1n) is 7.32. The van der Waals surface area contributed by atoms with Gasteiger partial charge in [0.05, 0.1) is 6.61 Å². The summed E-state index contributed by atoms with van der Waals surface area (Å²) in [6.07, 6.45) is 0.